The van der Waals surface area contributed by atoms with Gasteiger partial charge in [-0.05, 0) is 29.3 Å². The molecule has 0 unspecified atom stereocenters. The fourth-order valence-corrected chi connectivity index (χ4v) is 3.51. The second-order valence-corrected chi connectivity index (χ2v) is 6.39. The van der Waals surface area contributed by atoms with Crippen LogP contribution in [-0.2, 0) is 11.2 Å². The molecule has 3 aromatic rings. The summed E-state index contributed by atoms with van der Waals surface area (Å²) in [6.45, 7) is 1.73. The molecule has 2 aliphatic heterocycles. The Balaban J connectivity index is 1.47. The van der Waals surface area contributed by atoms with Crippen LogP contribution in [0.2, 0.25) is 0 Å². The zero-order valence-corrected chi connectivity index (χ0v) is 14.3. The molecule has 2 aliphatic rings. The lowest BCUT2D eigenvalue weighted by atomic mass is 10.0. The van der Waals surface area contributed by atoms with Crippen LogP contribution in [0.3, 0.4) is 0 Å². The van der Waals surface area contributed by atoms with Gasteiger partial charge in [0, 0.05) is 25.1 Å². The molecule has 1 saturated heterocycles. The summed E-state index contributed by atoms with van der Waals surface area (Å²) in [4.78, 5) is 18.0. The second kappa shape index (κ2) is 5.66. The van der Waals surface area contributed by atoms with Crippen molar-refractivity contribution in [3.8, 4) is 22.7 Å². The van der Waals surface area contributed by atoms with Crippen LogP contribution in [0, 0.1) is 6.92 Å². The fraction of sp³-hybridized carbons (Fsp3) is 0.158. The third kappa shape index (κ3) is 2.37. The Bertz CT molecular complexity index is 1090. The highest BCUT2D eigenvalue weighted by Crippen LogP contribution is 2.41. The second-order valence-electron chi connectivity index (χ2n) is 6.39. The number of hydrogen-bond donors (Lipinski definition) is 1. The van der Waals surface area contributed by atoms with Crippen molar-refractivity contribution in [2.24, 2.45) is 0 Å². The number of rotatable bonds is 2. The van der Waals surface area contributed by atoms with Gasteiger partial charge in [0.1, 0.15) is 18.0 Å². The van der Waals surface area contributed by atoms with Crippen LogP contribution in [0.1, 0.15) is 11.5 Å². The first-order valence-corrected chi connectivity index (χ1v) is 8.39. The topological polar surface area (TPSA) is 102 Å². The smallest absolute Gasteiger partial charge is 0.420 e. The van der Waals surface area contributed by atoms with E-state index in [0.717, 1.165) is 28.6 Å². The average molecular weight is 362 g/mol. The Morgan fingerprint density at radius 2 is 2.07 bits per heavy atom. The molecule has 1 fully saturated rings. The molecular weight excluding hydrogens is 348 g/mol. The minimum Gasteiger partial charge on any atom is -0.512 e. The summed E-state index contributed by atoms with van der Waals surface area (Å²) in [5, 5.41) is 17.0. The number of anilines is 1. The predicted molar refractivity (Wildman–Crippen MR) is 94.9 cm³/mol. The number of nitrogens with zero attached hydrogens (tertiary/aromatic N) is 4. The van der Waals surface area contributed by atoms with Crippen LogP contribution < -0.4 is 4.90 Å². The number of aryl methyl sites for hydroxylation is 1. The highest BCUT2D eigenvalue weighted by molar-refractivity contribution is 5.96. The summed E-state index contributed by atoms with van der Waals surface area (Å²) in [6, 6.07) is 9.34. The van der Waals surface area contributed by atoms with Crippen molar-refractivity contribution in [3.63, 3.8) is 0 Å². The lowest BCUT2D eigenvalue weighted by molar-refractivity contribution is 0.195. The largest absolute Gasteiger partial charge is 0.512 e. The molecule has 0 spiro atoms. The molecule has 0 aliphatic carbocycles. The molecule has 0 radical (unpaired) electrons. The van der Waals surface area contributed by atoms with Crippen molar-refractivity contribution >= 4 is 11.8 Å². The van der Waals surface area contributed by atoms with Gasteiger partial charge < -0.3 is 14.3 Å². The van der Waals surface area contributed by atoms with E-state index in [2.05, 4.69) is 15.2 Å². The van der Waals surface area contributed by atoms with E-state index < -0.39 is 6.09 Å². The van der Waals surface area contributed by atoms with Crippen molar-refractivity contribution in [2.75, 3.05) is 4.90 Å². The van der Waals surface area contributed by atoms with Crippen LogP contribution in [0.25, 0.3) is 22.7 Å². The maximum Gasteiger partial charge on any atom is 0.420 e. The number of cyclic esters (lactones) is 1. The SMILES string of the molecule is Cc1nnc(-c2ccc(-c3ccc4c(c3)C[C@H]3/C(=C/O)OC(=O)N43)cn2)o1. The monoisotopic (exact) mass is 362 g/mol. The summed E-state index contributed by atoms with van der Waals surface area (Å²) in [5.41, 5.74) is 4.35. The summed E-state index contributed by atoms with van der Waals surface area (Å²) < 4.78 is 10.5. The van der Waals surface area contributed by atoms with Crippen LogP contribution in [-0.4, -0.2) is 32.4 Å². The normalized spacial score (nSPS) is 19.3. The highest BCUT2D eigenvalue weighted by Gasteiger charge is 2.44. The molecule has 1 atom stereocenters. The molecule has 27 heavy (non-hydrogen) atoms. The number of aromatic nitrogens is 3. The Hall–Kier alpha value is -3.68. The number of amides is 1. The van der Waals surface area contributed by atoms with Crippen LogP contribution >= 0.6 is 0 Å². The Morgan fingerprint density at radius 1 is 1.22 bits per heavy atom. The number of pyridine rings is 1. The maximum atomic E-state index is 12.0. The van der Waals surface area contributed by atoms with Crippen molar-refractivity contribution in [1.29, 1.82) is 0 Å². The van der Waals surface area contributed by atoms with Gasteiger partial charge in [-0.1, -0.05) is 12.1 Å². The van der Waals surface area contributed by atoms with E-state index >= 15 is 0 Å². The van der Waals surface area contributed by atoms with Crippen LogP contribution in [0.4, 0.5) is 10.5 Å². The van der Waals surface area contributed by atoms with Gasteiger partial charge in [0.15, 0.2) is 5.76 Å². The Morgan fingerprint density at radius 3 is 2.78 bits per heavy atom. The standard InChI is InChI=1S/C19H14N4O4/c1-10-21-22-18(26-10)14-4-2-12(8-20-14)11-3-5-15-13(6-11)7-16-17(9-24)27-19(25)23(15)16/h2-6,8-9,16,24H,7H2,1H3/b17-9-/t16-/m0/s1. The first-order chi connectivity index (χ1) is 13.1. The molecule has 8 nitrogen and oxygen atoms in total. The minimum atomic E-state index is -0.465. The average Bonchev–Trinajstić information content (AvgIpc) is 3.36. The first kappa shape index (κ1) is 15.6. The summed E-state index contributed by atoms with van der Waals surface area (Å²) >= 11 is 0. The van der Waals surface area contributed by atoms with Gasteiger partial charge in [0.2, 0.25) is 5.89 Å². The molecule has 2 aromatic heterocycles. The molecule has 0 bridgehead atoms. The van der Waals surface area contributed by atoms with Gasteiger partial charge in [-0.3, -0.25) is 9.88 Å². The van der Waals surface area contributed by atoms with Gasteiger partial charge in [-0.15, -0.1) is 10.2 Å². The molecule has 1 N–H and O–H groups in total. The summed E-state index contributed by atoms with van der Waals surface area (Å²) in [5.74, 6) is 1.15. The third-order valence-electron chi connectivity index (χ3n) is 4.76. The van der Waals surface area contributed by atoms with Crippen molar-refractivity contribution in [3.05, 3.63) is 60.0 Å². The molecule has 8 heteroatoms. The van der Waals surface area contributed by atoms with Crippen molar-refractivity contribution < 1.29 is 19.1 Å². The van der Waals surface area contributed by atoms with Gasteiger partial charge in [-0.2, -0.15) is 0 Å². The summed E-state index contributed by atoms with van der Waals surface area (Å²) in [6.07, 6.45) is 2.73. The van der Waals surface area contributed by atoms with E-state index in [9.17, 15) is 9.90 Å². The zero-order valence-electron chi connectivity index (χ0n) is 14.3. The van der Waals surface area contributed by atoms with Gasteiger partial charge in [0.25, 0.3) is 5.89 Å². The van der Waals surface area contributed by atoms with E-state index in [1.165, 1.54) is 0 Å². The van der Waals surface area contributed by atoms with E-state index in [1.54, 1.807) is 18.0 Å². The Labute approximate surface area is 153 Å². The molecule has 1 aromatic carbocycles. The number of fused-ring (bicyclic) bond motifs is 3. The number of aliphatic hydroxyl groups excluding tert-OH is 1. The van der Waals surface area contributed by atoms with Crippen LogP contribution in [0.15, 0.2) is 53.0 Å². The molecule has 1 amide bonds. The first-order valence-electron chi connectivity index (χ1n) is 8.39. The molecule has 5 rings (SSSR count). The van der Waals surface area contributed by atoms with Gasteiger partial charge in [-0.25, -0.2) is 4.79 Å². The van der Waals surface area contributed by atoms with Crippen LogP contribution in [0.5, 0.6) is 0 Å². The lowest BCUT2D eigenvalue weighted by Crippen LogP contribution is -2.28. The van der Waals surface area contributed by atoms with E-state index in [-0.39, 0.29) is 11.8 Å². The number of carbonyl (C=O) groups excluding carboxylic acids is 1. The molecule has 4 heterocycles. The summed E-state index contributed by atoms with van der Waals surface area (Å²) in [7, 11) is 0. The minimum absolute atomic E-state index is 0.277. The van der Waals surface area contributed by atoms with E-state index in [0.29, 0.717) is 23.9 Å². The predicted octanol–water partition coefficient (Wildman–Crippen LogP) is 3.39. The molecule has 134 valence electrons. The maximum absolute atomic E-state index is 12.0. The Kier molecular flexibility index (Phi) is 3.27. The van der Waals surface area contributed by atoms with E-state index in [1.807, 2.05) is 30.3 Å². The lowest BCUT2D eigenvalue weighted by Gasteiger charge is -2.12. The number of carbonyl (C=O) groups is 1. The zero-order chi connectivity index (χ0) is 18.5. The number of hydrogen-bond acceptors (Lipinski definition) is 7. The number of ether oxygens (including phenoxy) is 1. The van der Waals surface area contributed by atoms with Gasteiger partial charge in [0.05, 0.1) is 5.69 Å². The van der Waals surface area contributed by atoms with Crippen molar-refractivity contribution in [1.82, 2.24) is 15.2 Å². The quantitative estimate of drug-likeness (QED) is 0.697. The molecule has 0 saturated carbocycles. The highest BCUT2D eigenvalue weighted by atomic mass is 16.6. The van der Waals surface area contributed by atoms with E-state index in [4.69, 9.17) is 9.15 Å². The number of benzene rings is 1. The van der Waals surface area contributed by atoms with Crippen molar-refractivity contribution in [2.45, 2.75) is 19.4 Å². The van der Waals surface area contributed by atoms with Gasteiger partial charge >= 0.3 is 6.09 Å². The third-order valence-corrected chi connectivity index (χ3v) is 4.76. The number of aliphatic hydroxyl groups is 1. The molecular formula is C19H14N4O4. The fourth-order valence-electron chi connectivity index (χ4n) is 3.51.